The quantitative estimate of drug-likeness (QED) is 0.685. The number of carboxylic acid groups (broad SMARTS) is 1. The van der Waals surface area contributed by atoms with Crippen LogP contribution in [0.5, 0.6) is 0 Å². The molecule has 4 nitrogen and oxygen atoms in total. The van der Waals surface area contributed by atoms with Gasteiger partial charge in [0.1, 0.15) is 0 Å². The molecular weight excluding hydrogens is 280 g/mol. The van der Waals surface area contributed by atoms with Crippen LogP contribution in [-0.2, 0) is 13.8 Å². The second-order valence-corrected chi connectivity index (χ2v) is 5.69. The summed E-state index contributed by atoms with van der Waals surface area (Å²) in [5.41, 5.74) is 0. The van der Waals surface area contributed by atoms with Gasteiger partial charge in [-0.05, 0) is 44.9 Å². The predicted octanol–water partition coefficient (Wildman–Crippen LogP) is 4.14. The molecule has 1 aliphatic rings. The molecular formula is C15H25ClO4. The van der Waals surface area contributed by atoms with Gasteiger partial charge >= 0.3 is 5.97 Å². The molecule has 4 atom stereocenters. The predicted molar refractivity (Wildman–Crippen MR) is 78.4 cm³/mol. The van der Waals surface area contributed by atoms with Crippen LogP contribution in [0.4, 0.5) is 0 Å². The standard InChI is InChI=1S/C15H25ClO4/c1-3-4-5-6-11(2)13-9-7-12(8-10-14(17)18)19-15(13)20-16/h3-4,11-13,15H,5-10H2,1-2H3,(H,17,18). The van der Waals surface area contributed by atoms with Crippen molar-refractivity contribution < 1.29 is 18.9 Å². The van der Waals surface area contributed by atoms with E-state index in [0.717, 1.165) is 25.7 Å². The molecule has 0 aliphatic carbocycles. The van der Waals surface area contributed by atoms with Gasteiger partial charge in [-0.1, -0.05) is 19.1 Å². The second-order valence-electron chi connectivity index (χ2n) is 5.51. The third-order valence-corrected chi connectivity index (χ3v) is 4.20. The van der Waals surface area contributed by atoms with Gasteiger partial charge < -0.3 is 9.84 Å². The molecule has 1 fully saturated rings. The van der Waals surface area contributed by atoms with Crippen molar-refractivity contribution in [3.63, 3.8) is 0 Å². The Hall–Kier alpha value is -0.580. The Balaban J connectivity index is 2.44. The van der Waals surface area contributed by atoms with Crippen LogP contribution < -0.4 is 0 Å². The van der Waals surface area contributed by atoms with Crippen LogP contribution in [0, 0.1) is 11.8 Å². The second kappa shape index (κ2) is 9.37. The third kappa shape index (κ3) is 5.81. The van der Waals surface area contributed by atoms with Crippen LogP contribution in [-0.4, -0.2) is 23.5 Å². The van der Waals surface area contributed by atoms with E-state index in [0.29, 0.717) is 12.3 Å². The first-order chi connectivity index (χ1) is 9.58. The summed E-state index contributed by atoms with van der Waals surface area (Å²) >= 11 is 5.55. The molecule has 0 saturated carbocycles. The molecule has 5 heteroatoms. The van der Waals surface area contributed by atoms with Crippen LogP contribution in [0.2, 0.25) is 0 Å². The maximum absolute atomic E-state index is 10.6. The Morgan fingerprint density at radius 2 is 2.30 bits per heavy atom. The average molecular weight is 305 g/mol. The minimum atomic E-state index is -0.793. The molecule has 0 aromatic carbocycles. The van der Waals surface area contributed by atoms with Crippen molar-refractivity contribution in [2.24, 2.45) is 11.8 Å². The lowest BCUT2D eigenvalue weighted by Gasteiger charge is -2.37. The van der Waals surface area contributed by atoms with E-state index < -0.39 is 12.3 Å². The number of rotatable bonds is 8. The number of carboxylic acids is 1. The van der Waals surface area contributed by atoms with E-state index >= 15 is 0 Å². The SMILES string of the molecule is CC=CCCC(C)C1CCC(CCC(=O)O)OC1OCl. The van der Waals surface area contributed by atoms with Crippen molar-refractivity contribution in [3.05, 3.63) is 12.2 Å². The molecule has 1 heterocycles. The fourth-order valence-corrected chi connectivity index (χ4v) is 2.92. The number of halogens is 1. The first-order valence-corrected chi connectivity index (χ1v) is 7.65. The summed E-state index contributed by atoms with van der Waals surface area (Å²) in [6, 6.07) is 0. The zero-order valence-corrected chi connectivity index (χ0v) is 13.0. The summed E-state index contributed by atoms with van der Waals surface area (Å²) < 4.78 is 10.7. The van der Waals surface area contributed by atoms with Gasteiger partial charge in [-0.25, -0.2) is 4.29 Å². The zero-order valence-electron chi connectivity index (χ0n) is 12.3. The highest BCUT2D eigenvalue weighted by molar-refractivity contribution is 6.07. The Morgan fingerprint density at radius 1 is 1.55 bits per heavy atom. The van der Waals surface area contributed by atoms with Gasteiger partial charge in [0.15, 0.2) is 6.29 Å². The van der Waals surface area contributed by atoms with Gasteiger partial charge in [0.25, 0.3) is 0 Å². The van der Waals surface area contributed by atoms with Crippen LogP contribution in [0.3, 0.4) is 0 Å². The van der Waals surface area contributed by atoms with Crippen molar-refractivity contribution in [2.75, 3.05) is 0 Å². The maximum Gasteiger partial charge on any atom is 0.303 e. The molecule has 1 aliphatic heterocycles. The van der Waals surface area contributed by atoms with E-state index in [4.69, 9.17) is 26.0 Å². The molecule has 0 aromatic rings. The summed E-state index contributed by atoms with van der Waals surface area (Å²) in [6.45, 7) is 4.21. The lowest BCUT2D eigenvalue weighted by molar-refractivity contribution is -0.189. The van der Waals surface area contributed by atoms with E-state index in [-0.39, 0.29) is 18.4 Å². The molecule has 0 amide bonds. The van der Waals surface area contributed by atoms with Gasteiger partial charge in [0.2, 0.25) is 0 Å². The third-order valence-electron chi connectivity index (χ3n) is 4.02. The molecule has 1 N–H and O–H groups in total. The Morgan fingerprint density at radius 3 is 2.90 bits per heavy atom. The molecule has 4 unspecified atom stereocenters. The molecule has 1 saturated heterocycles. The number of ether oxygens (including phenoxy) is 1. The topological polar surface area (TPSA) is 55.8 Å². The molecule has 20 heavy (non-hydrogen) atoms. The van der Waals surface area contributed by atoms with Gasteiger partial charge in [-0.3, -0.25) is 4.79 Å². The van der Waals surface area contributed by atoms with Gasteiger partial charge in [0, 0.05) is 12.3 Å². The van der Waals surface area contributed by atoms with E-state index in [1.165, 1.54) is 0 Å². The monoisotopic (exact) mass is 304 g/mol. The van der Waals surface area contributed by atoms with E-state index in [9.17, 15) is 4.79 Å². The van der Waals surface area contributed by atoms with Crippen molar-refractivity contribution in [3.8, 4) is 0 Å². The number of hydrogen-bond acceptors (Lipinski definition) is 3. The minimum absolute atomic E-state index is 0.0613. The van der Waals surface area contributed by atoms with Crippen molar-refractivity contribution in [1.82, 2.24) is 0 Å². The van der Waals surface area contributed by atoms with Crippen LogP contribution >= 0.6 is 11.9 Å². The Kier molecular flexibility index (Phi) is 8.19. The highest BCUT2D eigenvalue weighted by atomic mass is 35.5. The summed E-state index contributed by atoms with van der Waals surface area (Å²) in [5.74, 6) is -0.0482. The van der Waals surface area contributed by atoms with Gasteiger partial charge in [-0.2, -0.15) is 0 Å². The normalized spacial score (nSPS) is 28.6. The van der Waals surface area contributed by atoms with Crippen LogP contribution in [0.15, 0.2) is 12.2 Å². The fourth-order valence-electron chi connectivity index (χ4n) is 2.75. The van der Waals surface area contributed by atoms with Crippen molar-refractivity contribution >= 4 is 17.8 Å². The zero-order chi connectivity index (χ0) is 15.0. The highest BCUT2D eigenvalue weighted by Gasteiger charge is 2.35. The van der Waals surface area contributed by atoms with Gasteiger partial charge in [-0.15, -0.1) is 0 Å². The highest BCUT2D eigenvalue weighted by Crippen LogP contribution is 2.35. The average Bonchev–Trinajstić information content (AvgIpc) is 2.44. The maximum atomic E-state index is 10.6. The minimum Gasteiger partial charge on any atom is -0.481 e. The molecule has 0 bridgehead atoms. The largest absolute Gasteiger partial charge is 0.481 e. The number of allylic oxidation sites excluding steroid dienone is 2. The van der Waals surface area contributed by atoms with Crippen LogP contribution in [0.1, 0.15) is 52.4 Å². The molecule has 0 aromatic heterocycles. The molecule has 116 valence electrons. The lowest BCUT2D eigenvalue weighted by Crippen LogP contribution is -2.38. The Labute approximate surface area is 126 Å². The summed E-state index contributed by atoms with van der Waals surface area (Å²) in [5, 5.41) is 8.71. The Bertz CT molecular complexity index is 319. The number of aliphatic carboxylic acids is 1. The van der Waals surface area contributed by atoms with Crippen LogP contribution in [0.25, 0.3) is 0 Å². The number of carbonyl (C=O) groups is 1. The van der Waals surface area contributed by atoms with E-state index in [1.807, 2.05) is 6.92 Å². The molecule has 0 radical (unpaired) electrons. The summed E-state index contributed by atoms with van der Waals surface area (Å²) in [4.78, 5) is 10.6. The first-order valence-electron chi connectivity index (χ1n) is 7.34. The van der Waals surface area contributed by atoms with Crippen molar-refractivity contribution in [2.45, 2.75) is 64.8 Å². The fraction of sp³-hybridized carbons (Fsp3) is 0.800. The molecule has 1 rings (SSSR count). The number of hydrogen-bond donors (Lipinski definition) is 1. The van der Waals surface area contributed by atoms with Gasteiger partial charge in [0.05, 0.1) is 18.0 Å². The smallest absolute Gasteiger partial charge is 0.303 e. The first kappa shape index (κ1) is 17.5. The van der Waals surface area contributed by atoms with E-state index in [1.54, 1.807) is 0 Å². The molecule has 0 spiro atoms. The summed E-state index contributed by atoms with van der Waals surface area (Å²) in [7, 11) is 0. The van der Waals surface area contributed by atoms with Crippen molar-refractivity contribution in [1.29, 1.82) is 0 Å². The summed E-state index contributed by atoms with van der Waals surface area (Å²) in [6.07, 6.45) is 8.35. The van der Waals surface area contributed by atoms with E-state index in [2.05, 4.69) is 19.1 Å². The lowest BCUT2D eigenvalue weighted by atomic mass is 9.83.